The predicted octanol–water partition coefficient (Wildman–Crippen LogP) is 2.44. The van der Waals surface area contributed by atoms with Crippen LogP contribution in [-0.4, -0.2) is 55.5 Å². The highest BCUT2D eigenvalue weighted by Crippen LogP contribution is 2.20. The van der Waals surface area contributed by atoms with Crippen molar-refractivity contribution in [3.05, 3.63) is 35.4 Å². The summed E-state index contributed by atoms with van der Waals surface area (Å²) in [5.41, 5.74) is 1.82. The van der Waals surface area contributed by atoms with Gasteiger partial charge in [-0.3, -0.25) is 4.99 Å². The van der Waals surface area contributed by atoms with Gasteiger partial charge in [-0.25, -0.2) is 0 Å². The average molecular weight is 339 g/mol. The van der Waals surface area contributed by atoms with Gasteiger partial charge in [-0.15, -0.1) is 0 Å². The highest BCUT2D eigenvalue weighted by molar-refractivity contribution is 5.80. The van der Waals surface area contributed by atoms with Crippen molar-refractivity contribution in [3.8, 4) is 6.07 Å². The Kier molecular flexibility index (Phi) is 6.30. The maximum Gasteiger partial charge on any atom is 0.193 e. The first-order valence-electron chi connectivity index (χ1n) is 9.45. The highest BCUT2D eigenvalue weighted by atomic mass is 15.3. The number of piperidine rings is 1. The Morgan fingerprint density at radius 1 is 1.28 bits per heavy atom. The molecule has 5 nitrogen and oxygen atoms in total. The summed E-state index contributed by atoms with van der Waals surface area (Å²) >= 11 is 0. The number of nitriles is 1. The van der Waals surface area contributed by atoms with E-state index in [9.17, 15) is 0 Å². The van der Waals surface area contributed by atoms with Crippen molar-refractivity contribution in [3.63, 3.8) is 0 Å². The van der Waals surface area contributed by atoms with E-state index in [1.807, 2.05) is 31.3 Å². The van der Waals surface area contributed by atoms with E-state index in [0.717, 1.165) is 30.5 Å². The fourth-order valence-electron chi connectivity index (χ4n) is 3.95. The second kappa shape index (κ2) is 8.87. The summed E-state index contributed by atoms with van der Waals surface area (Å²) in [5.74, 6) is 1.72. The first kappa shape index (κ1) is 17.8. The molecule has 2 heterocycles. The third-order valence-electron chi connectivity index (χ3n) is 5.27. The number of rotatable bonds is 4. The SMILES string of the molecule is CN=C(NCc1cccc(C#N)c1)N1CCC(CN2CCCCC2)C1. The minimum atomic E-state index is 0.704. The van der Waals surface area contributed by atoms with Gasteiger partial charge in [-0.05, 0) is 56.0 Å². The Balaban J connectivity index is 1.49. The molecule has 2 aliphatic heterocycles. The van der Waals surface area contributed by atoms with Gasteiger partial charge in [0.2, 0.25) is 0 Å². The van der Waals surface area contributed by atoms with Crippen LogP contribution in [0, 0.1) is 17.2 Å². The molecule has 0 amide bonds. The van der Waals surface area contributed by atoms with Gasteiger partial charge in [0.05, 0.1) is 11.6 Å². The lowest BCUT2D eigenvalue weighted by Gasteiger charge is -2.29. The lowest BCUT2D eigenvalue weighted by atomic mass is 10.1. The van der Waals surface area contributed by atoms with Gasteiger partial charge in [0.1, 0.15) is 0 Å². The van der Waals surface area contributed by atoms with Crippen molar-refractivity contribution in [2.24, 2.45) is 10.9 Å². The van der Waals surface area contributed by atoms with E-state index in [0.29, 0.717) is 12.1 Å². The molecular weight excluding hydrogens is 310 g/mol. The maximum absolute atomic E-state index is 9.02. The lowest BCUT2D eigenvalue weighted by Crippen LogP contribution is -2.41. The summed E-state index contributed by atoms with van der Waals surface area (Å²) in [6.07, 6.45) is 5.38. The molecule has 134 valence electrons. The second-order valence-corrected chi connectivity index (χ2v) is 7.17. The molecule has 1 aromatic carbocycles. The first-order valence-corrected chi connectivity index (χ1v) is 9.45. The van der Waals surface area contributed by atoms with E-state index in [1.54, 1.807) is 0 Å². The van der Waals surface area contributed by atoms with E-state index in [-0.39, 0.29) is 0 Å². The quantitative estimate of drug-likeness (QED) is 0.676. The summed E-state index contributed by atoms with van der Waals surface area (Å²) in [6, 6.07) is 9.95. The van der Waals surface area contributed by atoms with Crippen LogP contribution in [-0.2, 0) is 6.54 Å². The van der Waals surface area contributed by atoms with Crippen molar-refractivity contribution in [2.45, 2.75) is 32.2 Å². The smallest absolute Gasteiger partial charge is 0.193 e. The monoisotopic (exact) mass is 339 g/mol. The van der Waals surface area contributed by atoms with Crippen LogP contribution in [0.25, 0.3) is 0 Å². The maximum atomic E-state index is 9.02. The zero-order chi connectivity index (χ0) is 17.5. The van der Waals surface area contributed by atoms with Crippen LogP contribution < -0.4 is 5.32 Å². The molecule has 3 rings (SSSR count). The van der Waals surface area contributed by atoms with Crippen molar-refractivity contribution < 1.29 is 0 Å². The standard InChI is InChI=1S/C20H29N5/c1-22-20(23-14-18-7-5-6-17(12-18)13-21)25-11-8-19(16-25)15-24-9-3-2-4-10-24/h5-7,12,19H,2-4,8-11,14-16H2,1H3,(H,22,23). The minimum Gasteiger partial charge on any atom is -0.352 e. The van der Waals surface area contributed by atoms with E-state index in [1.165, 1.54) is 45.3 Å². The van der Waals surface area contributed by atoms with Gasteiger partial charge in [-0.2, -0.15) is 5.26 Å². The molecule has 0 aliphatic carbocycles. The molecule has 25 heavy (non-hydrogen) atoms. The fourth-order valence-corrected chi connectivity index (χ4v) is 3.95. The van der Waals surface area contributed by atoms with Crippen LogP contribution in [0.3, 0.4) is 0 Å². The predicted molar refractivity (Wildman–Crippen MR) is 101 cm³/mol. The molecule has 0 spiro atoms. The van der Waals surface area contributed by atoms with Crippen molar-refractivity contribution in [1.82, 2.24) is 15.1 Å². The highest BCUT2D eigenvalue weighted by Gasteiger charge is 2.26. The van der Waals surface area contributed by atoms with Gasteiger partial charge in [0, 0.05) is 33.2 Å². The van der Waals surface area contributed by atoms with E-state index in [2.05, 4.69) is 26.2 Å². The normalized spacial score (nSPS) is 22.0. The van der Waals surface area contributed by atoms with Crippen molar-refractivity contribution in [2.75, 3.05) is 39.8 Å². The first-order chi connectivity index (χ1) is 12.3. The summed E-state index contributed by atoms with van der Waals surface area (Å²) < 4.78 is 0. The Morgan fingerprint density at radius 2 is 2.12 bits per heavy atom. The summed E-state index contributed by atoms with van der Waals surface area (Å²) in [5, 5.41) is 12.5. The molecule has 1 atom stereocenters. The third kappa shape index (κ3) is 4.96. The summed E-state index contributed by atoms with van der Waals surface area (Å²) in [7, 11) is 1.85. The number of nitrogens with zero attached hydrogens (tertiary/aromatic N) is 4. The Bertz CT molecular complexity index is 627. The van der Waals surface area contributed by atoms with Gasteiger partial charge in [0.25, 0.3) is 0 Å². The molecule has 5 heteroatoms. The Labute approximate surface area is 151 Å². The number of aliphatic imine (C=N–C) groups is 1. The molecule has 0 radical (unpaired) electrons. The Hall–Kier alpha value is -2.06. The number of guanidine groups is 1. The zero-order valence-corrected chi connectivity index (χ0v) is 15.2. The number of nitrogens with one attached hydrogen (secondary N) is 1. The van der Waals surface area contributed by atoms with Gasteiger partial charge < -0.3 is 15.1 Å². The summed E-state index contributed by atoms with van der Waals surface area (Å²) in [6.45, 7) is 6.66. The molecule has 0 bridgehead atoms. The lowest BCUT2D eigenvalue weighted by molar-refractivity contribution is 0.198. The molecule has 0 aromatic heterocycles. The zero-order valence-electron chi connectivity index (χ0n) is 15.2. The summed E-state index contributed by atoms with van der Waals surface area (Å²) in [4.78, 5) is 9.48. The number of hydrogen-bond acceptors (Lipinski definition) is 3. The average Bonchev–Trinajstić information content (AvgIpc) is 3.11. The van der Waals surface area contributed by atoms with Crippen LogP contribution in [0.4, 0.5) is 0 Å². The molecule has 1 N–H and O–H groups in total. The van der Waals surface area contributed by atoms with Gasteiger partial charge in [0.15, 0.2) is 5.96 Å². The number of hydrogen-bond donors (Lipinski definition) is 1. The van der Waals surface area contributed by atoms with E-state index >= 15 is 0 Å². The minimum absolute atomic E-state index is 0.704. The third-order valence-corrected chi connectivity index (χ3v) is 5.27. The van der Waals surface area contributed by atoms with E-state index in [4.69, 9.17) is 5.26 Å². The largest absolute Gasteiger partial charge is 0.352 e. The topological polar surface area (TPSA) is 54.7 Å². The molecule has 2 saturated heterocycles. The molecule has 2 fully saturated rings. The van der Waals surface area contributed by atoms with Gasteiger partial charge >= 0.3 is 0 Å². The van der Waals surface area contributed by atoms with Crippen LogP contribution in [0.15, 0.2) is 29.3 Å². The number of likely N-dealkylation sites (tertiary alicyclic amines) is 2. The Morgan fingerprint density at radius 3 is 2.88 bits per heavy atom. The number of benzene rings is 1. The van der Waals surface area contributed by atoms with Crippen LogP contribution in [0.5, 0.6) is 0 Å². The second-order valence-electron chi connectivity index (χ2n) is 7.17. The van der Waals surface area contributed by atoms with Gasteiger partial charge in [-0.1, -0.05) is 18.6 Å². The molecule has 1 aromatic rings. The van der Waals surface area contributed by atoms with Crippen molar-refractivity contribution >= 4 is 5.96 Å². The van der Waals surface area contributed by atoms with Crippen LogP contribution in [0.2, 0.25) is 0 Å². The van der Waals surface area contributed by atoms with Crippen LogP contribution in [0.1, 0.15) is 36.8 Å². The molecular formula is C20H29N5. The van der Waals surface area contributed by atoms with Crippen LogP contribution >= 0.6 is 0 Å². The van der Waals surface area contributed by atoms with E-state index < -0.39 is 0 Å². The fraction of sp³-hybridized carbons (Fsp3) is 0.600. The molecule has 1 unspecified atom stereocenters. The van der Waals surface area contributed by atoms with Crippen molar-refractivity contribution in [1.29, 1.82) is 5.26 Å². The molecule has 2 aliphatic rings. The molecule has 0 saturated carbocycles.